The number of fused-ring (bicyclic) bond motifs is 3. The molecule has 1 aliphatic rings. The van der Waals surface area contributed by atoms with Crippen molar-refractivity contribution in [3.05, 3.63) is 79.6 Å². The lowest BCUT2D eigenvalue weighted by Gasteiger charge is -2.17. The van der Waals surface area contributed by atoms with E-state index in [1.807, 2.05) is 0 Å². The molecule has 1 atom stereocenters. The van der Waals surface area contributed by atoms with E-state index in [1.54, 1.807) is 6.92 Å². The maximum Gasteiger partial charge on any atom is 0.305 e. The van der Waals surface area contributed by atoms with Crippen LogP contribution in [0.25, 0.3) is 10.2 Å². The lowest BCUT2D eigenvalue weighted by molar-refractivity contribution is 0.0975. The third-order valence-electron chi connectivity index (χ3n) is 6.03. The second kappa shape index (κ2) is 9.08. The average molecular weight is 521 g/mol. The summed E-state index contributed by atoms with van der Waals surface area (Å²) in [7, 11) is 0. The summed E-state index contributed by atoms with van der Waals surface area (Å²) in [6, 6.07) is 2.61. The summed E-state index contributed by atoms with van der Waals surface area (Å²) in [6.07, 6.45) is 2.61. The van der Waals surface area contributed by atoms with Crippen molar-refractivity contribution in [2.24, 2.45) is 5.92 Å². The van der Waals surface area contributed by atoms with E-state index in [0.29, 0.717) is 16.1 Å². The number of ether oxygens (including phenoxy) is 1. The Labute approximate surface area is 205 Å². The van der Waals surface area contributed by atoms with Crippen molar-refractivity contribution in [3.63, 3.8) is 0 Å². The van der Waals surface area contributed by atoms with E-state index in [1.165, 1.54) is 23.5 Å². The monoisotopic (exact) mass is 521 g/mol. The molecular formula is C24H19F4N3O4S. The van der Waals surface area contributed by atoms with Crippen LogP contribution in [-0.2, 0) is 19.4 Å². The van der Waals surface area contributed by atoms with E-state index in [0.717, 1.165) is 34.4 Å². The van der Waals surface area contributed by atoms with Crippen molar-refractivity contribution in [3.8, 4) is 5.75 Å². The fourth-order valence-corrected chi connectivity index (χ4v) is 5.60. The molecule has 4 aromatic rings. The zero-order valence-electron chi connectivity index (χ0n) is 19.1. The summed E-state index contributed by atoms with van der Waals surface area (Å²) in [4.78, 5) is 32.3. The van der Waals surface area contributed by atoms with Gasteiger partial charge in [0, 0.05) is 10.9 Å². The normalized spacial score (nSPS) is 15.2. The summed E-state index contributed by atoms with van der Waals surface area (Å²) in [5.74, 6) is -8.12. The Morgan fingerprint density at radius 1 is 1.25 bits per heavy atom. The molecule has 0 bridgehead atoms. The molecule has 0 saturated heterocycles. The Hall–Kier alpha value is -3.67. The first kappa shape index (κ1) is 24.0. The molecule has 0 aliphatic heterocycles. The Balaban J connectivity index is 1.36. The molecule has 1 aliphatic carbocycles. The van der Waals surface area contributed by atoms with Crippen LogP contribution in [0.2, 0.25) is 0 Å². The number of carbonyl (C=O) groups excluding carboxylic acids is 1. The highest BCUT2D eigenvalue weighted by Crippen LogP contribution is 2.35. The number of hydrogen-bond acceptors (Lipinski definition) is 6. The van der Waals surface area contributed by atoms with E-state index >= 15 is 0 Å². The molecule has 0 spiro atoms. The highest BCUT2D eigenvalue weighted by Gasteiger charge is 2.25. The lowest BCUT2D eigenvalue weighted by atomic mass is 9.89. The third kappa shape index (κ3) is 4.15. The zero-order valence-corrected chi connectivity index (χ0v) is 19.9. The summed E-state index contributed by atoms with van der Waals surface area (Å²) < 4.78 is 65.5. The van der Waals surface area contributed by atoms with Crippen molar-refractivity contribution in [2.75, 3.05) is 5.43 Å². The molecule has 0 saturated carbocycles. The van der Waals surface area contributed by atoms with Gasteiger partial charge in [0.1, 0.15) is 23.0 Å². The van der Waals surface area contributed by atoms with Gasteiger partial charge in [-0.3, -0.25) is 15.0 Å². The van der Waals surface area contributed by atoms with Gasteiger partial charge in [-0.1, -0.05) is 6.92 Å². The quantitative estimate of drug-likeness (QED) is 0.295. The van der Waals surface area contributed by atoms with Gasteiger partial charge in [0.15, 0.2) is 23.1 Å². The highest BCUT2D eigenvalue weighted by atomic mass is 32.1. The Bertz CT molecular complexity index is 1550. The third-order valence-corrected chi connectivity index (χ3v) is 7.17. The Kier molecular flexibility index (Phi) is 6.07. The highest BCUT2D eigenvalue weighted by molar-refractivity contribution is 7.18. The van der Waals surface area contributed by atoms with Crippen molar-refractivity contribution in [1.29, 1.82) is 0 Å². The molecule has 3 aromatic heterocycles. The first-order valence-corrected chi connectivity index (χ1v) is 11.9. The fourth-order valence-electron chi connectivity index (χ4n) is 4.18. The first-order valence-electron chi connectivity index (χ1n) is 11.0. The van der Waals surface area contributed by atoms with Crippen LogP contribution in [0.1, 0.15) is 45.9 Å². The number of nitrogens with one attached hydrogen (secondary N) is 1. The van der Waals surface area contributed by atoms with Crippen LogP contribution in [0, 0.1) is 36.1 Å². The standard InChI is InChI=1S/C24H19F4N3O4S/c1-10-3-5-13-17(7-10)36-23-18(13)24(33)31(11(2)29-23)30-22(32)16-6-4-12(35-16)9-34-21-19(27)14(25)8-15(26)20(21)28/h4,6,8,10H,3,5,7,9H2,1-2H3,(H,30,32)/t10-/m0/s1. The SMILES string of the molecule is Cc1nc2sc3c(c2c(=O)n1NC(=O)c1ccc(COc2c(F)c(F)cc(F)c2F)o1)CC[C@H](C)C3. The van der Waals surface area contributed by atoms with Crippen LogP contribution in [0.15, 0.2) is 27.4 Å². The molecule has 1 aromatic carbocycles. The van der Waals surface area contributed by atoms with Crippen LogP contribution >= 0.6 is 11.3 Å². The van der Waals surface area contributed by atoms with Crippen molar-refractivity contribution in [2.45, 2.75) is 39.7 Å². The molecule has 0 radical (unpaired) electrons. The summed E-state index contributed by atoms with van der Waals surface area (Å²) >= 11 is 1.50. The number of amides is 1. The molecule has 7 nitrogen and oxygen atoms in total. The van der Waals surface area contributed by atoms with Crippen molar-refractivity contribution >= 4 is 27.5 Å². The minimum Gasteiger partial charge on any atom is -0.479 e. The molecule has 0 unspecified atom stereocenters. The predicted molar refractivity (Wildman–Crippen MR) is 123 cm³/mol. The van der Waals surface area contributed by atoms with E-state index in [-0.39, 0.29) is 23.4 Å². The van der Waals surface area contributed by atoms with Crippen LogP contribution in [0.3, 0.4) is 0 Å². The van der Waals surface area contributed by atoms with Gasteiger partial charge >= 0.3 is 5.91 Å². The largest absolute Gasteiger partial charge is 0.479 e. The summed E-state index contributed by atoms with van der Waals surface area (Å²) in [5.41, 5.74) is 3.04. The minimum atomic E-state index is -1.69. The molecule has 12 heteroatoms. The fraction of sp³-hybridized carbons (Fsp3) is 0.292. The van der Waals surface area contributed by atoms with Crippen molar-refractivity contribution < 1.29 is 31.5 Å². The van der Waals surface area contributed by atoms with Crippen LogP contribution in [0.4, 0.5) is 17.6 Å². The van der Waals surface area contributed by atoms with Gasteiger partial charge in [-0.15, -0.1) is 11.3 Å². The number of furan rings is 1. The van der Waals surface area contributed by atoms with Crippen molar-refractivity contribution in [1.82, 2.24) is 9.66 Å². The van der Waals surface area contributed by atoms with Gasteiger partial charge in [-0.2, -0.15) is 8.78 Å². The van der Waals surface area contributed by atoms with Gasteiger partial charge in [0.05, 0.1) is 5.39 Å². The predicted octanol–water partition coefficient (Wildman–Crippen LogP) is 5.00. The molecule has 1 N–H and O–H groups in total. The molecule has 188 valence electrons. The van der Waals surface area contributed by atoms with Crippen LogP contribution in [-0.4, -0.2) is 15.6 Å². The smallest absolute Gasteiger partial charge is 0.305 e. The molecule has 1 amide bonds. The van der Waals surface area contributed by atoms with E-state index < -0.39 is 47.1 Å². The Morgan fingerprint density at radius 2 is 1.97 bits per heavy atom. The van der Waals surface area contributed by atoms with E-state index in [4.69, 9.17) is 9.15 Å². The number of aryl methyl sites for hydroxylation is 2. The van der Waals surface area contributed by atoms with E-state index in [9.17, 15) is 27.2 Å². The van der Waals surface area contributed by atoms with Gasteiger partial charge in [0.25, 0.3) is 5.56 Å². The first-order chi connectivity index (χ1) is 17.1. The van der Waals surface area contributed by atoms with Gasteiger partial charge in [-0.05, 0) is 49.8 Å². The zero-order chi connectivity index (χ0) is 25.7. The Morgan fingerprint density at radius 3 is 2.69 bits per heavy atom. The second-order valence-electron chi connectivity index (χ2n) is 8.62. The molecular weight excluding hydrogens is 502 g/mol. The molecule has 0 fully saturated rings. The number of carbonyl (C=O) groups is 1. The topological polar surface area (TPSA) is 86.4 Å². The van der Waals surface area contributed by atoms with Crippen LogP contribution < -0.4 is 15.7 Å². The lowest BCUT2D eigenvalue weighted by Crippen LogP contribution is -2.35. The molecule has 5 rings (SSSR count). The number of hydrogen-bond donors (Lipinski definition) is 1. The maximum absolute atomic E-state index is 13.8. The molecule has 3 heterocycles. The van der Waals surface area contributed by atoms with Gasteiger partial charge in [0.2, 0.25) is 11.6 Å². The maximum atomic E-state index is 13.8. The number of aromatic nitrogens is 2. The molecule has 36 heavy (non-hydrogen) atoms. The van der Waals surface area contributed by atoms with Crippen LogP contribution in [0.5, 0.6) is 5.75 Å². The van der Waals surface area contributed by atoms with Gasteiger partial charge in [-0.25, -0.2) is 18.4 Å². The number of rotatable bonds is 5. The minimum absolute atomic E-state index is 0.0534. The average Bonchev–Trinajstić information content (AvgIpc) is 3.44. The summed E-state index contributed by atoms with van der Waals surface area (Å²) in [5, 5.41) is 0.493. The number of halogens is 4. The second-order valence-corrected chi connectivity index (χ2v) is 9.71. The van der Waals surface area contributed by atoms with Gasteiger partial charge < -0.3 is 9.15 Å². The number of benzene rings is 1. The summed E-state index contributed by atoms with van der Waals surface area (Å²) in [6.45, 7) is 3.14. The number of thiophene rings is 1. The number of nitrogens with zero attached hydrogens (tertiary/aromatic N) is 2. The van der Waals surface area contributed by atoms with E-state index in [2.05, 4.69) is 17.3 Å².